The molecule has 0 spiro atoms. The maximum absolute atomic E-state index is 6.87. The molecule has 1 atom stereocenters. The third-order valence-corrected chi connectivity index (χ3v) is 1.81. The first kappa shape index (κ1) is 6.75. The summed E-state index contributed by atoms with van der Waals surface area (Å²) < 4.78 is 0. The third-order valence-electron chi connectivity index (χ3n) is 1.81. The van der Waals surface area contributed by atoms with E-state index >= 15 is 0 Å². The lowest BCUT2D eigenvalue weighted by Gasteiger charge is -2.21. The first-order valence-corrected chi connectivity index (χ1v) is 3.66. The quantitative estimate of drug-likeness (QED) is 0.535. The highest BCUT2D eigenvalue weighted by atomic mass is 14.9. The van der Waals surface area contributed by atoms with E-state index in [2.05, 4.69) is 5.32 Å². The van der Waals surface area contributed by atoms with Crippen molar-refractivity contribution in [3.8, 4) is 0 Å². The highest BCUT2D eigenvalue weighted by Crippen LogP contribution is 2.07. The molecule has 2 heteroatoms. The van der Waals surface area contributed by atoms with Crippen LogP contribution in [0.2, 0.25) is 0 Å². The molecule has 2 nitrogen and oxygen atoms in total. The zero-order valence-corrected chi connectivity index (χ0v) is 5.69. The lowest BCUT2D eigenvalue weighted by atomic mass is 10.0. The van der Waals surface area contributed by atoms with Crippen LogP contribution in [0, 0.1) is 5.41 Å². The summed E-state index contributed by atoms with van der Waals surface area (Å²) in [5.74, 6) is 0. The lowest BCUT2D eigenvalue weighted by molar-refractivity contribution is 0.411. The molecule has 1 aliphatic heterocycles. The van der Waals surface area contributed by atoms with Crippen molar-refractivity contribution < 1.29 is 0 Å². The Kier molecular flexibility index (Phi) is 2.71. The molecular formula is C7H14N2. The summed E-state index contributed by atoms with van der Waals surface area (Å²) in [6.07, 6.45) is 6.33. The second kappa shape index (κ2) is 3.62. The van der Waals surface area contributed by atoms with E-state index < -0.39 is 0 Å². The van der Waals surface area contributed by atoms with Gasteiger partial charge in [0.25, 0.3) is 0 Å². The Morgan fingerprint density at radius 2 is 2.44 bits per heavy atom. The van der Waals surface area contributed by atoms with Gasteiger partial charge in [-0.1, -0.05) is 6.42 Å². The number of hydrogen-bond donors (Lipinski definition) is 2. The molecule has 0 aromatic rings. The highest BCUT2D eigenvalue weighted by molar-refractivity contribution is 5.53. The summed E-state index contributed by atoms with van der Waals surface area (Å²) in [6, 6.07) is 0.608. The maximum Gasteiger partial charge on any atom is 0.0116 e. The lowest BCUT2D eigenvalue weighted by Crippen LogP contribution is -2.33. The predicted molar refractivity (Wildman–Crippen MR) is 39.0 cm³/mol. The molecule has 0 saturated carbocycles. The van der Waals surface area contributed by atoms with E-state index in [9.17, 15) is 0 Å². The molecule has 0 aliphatic carbocycles. The molecule has 0 radical (unpaired) electrons. The number of nitrogens with one attached hydrogen (secondary N) is 2. The minimum atomic E-state index is 0.608. The Bertz CT molecular complexity index is 84.9. The van der Waals surface area contributed by atoms with Crippen molar-refractivity contribution in [2.24, 2.45) is 0 Å². The summed E-state index contributed by atoms with van der Waals surface area (Å²) in [5.41, 5.74) is 0. The zero-order chi connectivity index (χ0) is 6.53. The van der Waals surface area contributed by atoms with Crippen molar-refractivity contribution in [2.45, 2.75) is 31.7 Å². The van der Waals surface area contributed by atoms with Crippen LogP contribution >= 0.6 is 0 Å². The molecule has 1 aliphatic rings. The van der Waals surface area contributed by atoms with E-state index in [4.69, 9.17) is 5.41 Å². The van der Waals surface area contributed by atoms with Gasteiger partial charge in [0.2, 0.25) is 0 Å². The van der Waals surface area contributed by atoms with Gasteiger partial charge in [0, 0.05) is 6.04 Å². The molecule has 1 unspecified atom stereocenters. The van der Waals surface area contributed by atoms with Gasteiger partial charge in [-0.3, -0.25) is 0 Å². The molecule has 2 N–H and O–H groups in total. The van der Waals surface area contributed by atoms with E-state index in [0.29, 0.717) is 6.04 Å². The average molecular weight is 126 g/mol. The summed E-state index contributed by atoms with van der Waals surface area (Å²) in [6.45, 7) is 1.15. The molecule has 0 amide bonds. The number of piperidine rings is 1. The molecule has 0 aromatic heterocycles. The van der Waals surface area contributed by atoms with Gasteiger partial charge in [-0.05, 0) is 32.0 Å². The van der Waals surface area contributed by atoms with Gasteiger partial charge in [0.15, 0.2) is 0 Å². The van der Waals surface area contributed by atoms with Crippen LogP contribution in [0.25, 0.3) is 0 Å². The van der Waals surface area contributed by atoms with Crippen molar-refractivity contribution in [2.75, 3.05) is 6.54 Å². The molecule has 1 heterocycles. The summed E-state index contributed by atoms with van der Waals surface area (Å²) in [5, 5.41) is 10.2. The van der Waals surface area contributed by atoms with E-state index in [1.165, 1.54) is 25.5 Å². The van der Waals surface area contributed by atoms with Crippen molar-refractivity contribution >= 4 is 6.21 Å². The van der Waals surface area contributed by atoms with Gasteiger partial charge in [0.1, 0.15) is 0 Å². The van der Waals surface area contributed by atoms with Crippen molar-refractivity contribution in [1.29, 1.82) is 5.41 Å². The second-order valence-corrected chi connectivity index (χ2v) is 2.59. The van der Waals surface area contributed by atoms with Crippen molar-refractivity contribution in [3.63, 3.8) is 0 Å². The van der Waals surface area contributed by atoms with Gasteiger partial charge in [0.05, 0.1) is 0 Å². The number of rotatable bonds is 2. The molecule has 9 heavy (non-hydrogen) atoms. The standard InChI is InChI=1S/C7H14N2/c8-5-4-7-3-1-2-6-9-7/h5,7-9H,1-4,6H2. The van der Waals surface area contributed by atoms with Crippen LogP contribution in [-0.2, 0) is 0 Å². The van der Waals surface area contributed by atoms with E-state index in [1.807, 2.05) is 0 Å². The molecular weight excluding hydrogens is 112 g/mol. The number of hydrogen-bond acceptors (Lipinski definition) is 2. The minimum absolute atomic E-state index is 0.608. The van der Waals surface area contributed by atoms with Gasteiger partial charge >= 0.3 is 0 Å². The van der Waals surface area contributed by atoms with E-state index in [-0.39, 0.29) is 0 Å². The Labute approximate surface area is 56.2 Å². The van der Waals surface area contributed by atoms with Gasteiger partial charge in [-0.15, -0.1) is 0 Å². The maximum atomic E-state index is 6.87. The van der Waals surface area contributed by atoms with Crippen LogP contribution in [0.4, 0.5) is 0 Å². The van der Waals surface area contributed by atoms with Crippen LogP contribution in [0.1, 0.15) is 25.7 Å². The Morgan fingerprint density at radius 3 is 3.00 bits per heavy atom. The molecule has 1 saturated heterocycles. The largest absolute Gasteiger partial charge is 0.314 e. The van der Waals surface area contributed by atoms with Gasteiger partial charge < -0.3 is 10.7 Å². The van der Waals surface area contributed by atoms with Crippen molar-refractivity contribution in [1.82, 2.24) is 5.32 Å². The molecule has 1 rings (SSSR count). The first-order chi connectivity index (χ1) is 4.43. The zero-order valence-electron chi connectivity index (χ0n) is 5.69. The molecule has 52 valence electrons. The molecule has 1 fully saturated rings. The van der Waals surface area contributed by atoms with Crippen LogP contribution < -0.4 is 5.32 Å². The topological polar surface area (TPSA) is 35.9 Å². The average Bonchev–Trinajstić information content (AvgIpc) is 1.91. The molecule has 0 bridgehead atoms. The highest BCUT2D eigenvalue weighted by Gasteiger charge is 2.09. The summed E-state index contributed by atoms with van der Waals surface area (Å²) in [7, 11) is 0. The second-order valence-electron chi connectivity index (χ2n) is 2.59. The Balaban J connectivity index is 2.15. The predicted octanol–water partition coefficient (Wildman–Crippen LogP) is 1.17. The van der Waals surface area contributed by atoms with Crippen LogP contribution in [-0.4, -0.2) is 18.8 Å². The fourth-order valence-corrected chi connectivity index (χ4v) is 1.27. The Morgan fingerprint density at radius 1 is 1.56 bits per heavy atom. The van der Waals surface area contributed by atoms with Crippen molar-refractivity contribution in [3.05, 3.63) is 0 Å². The fraction of sp³-hybridized carbons (Fsp3) is 0.857. The first-order valence-electron chi connectivity index (χ1n) is 3.66. The fourth-order valence-electron chi connectivity index (χ4n) is 1.27. The van der Waals surface area contributed by atoms with Gasteiger partial charge in [-0.2, -0.15) is 0 Å². The Hall–Kier alpha value is -0.370. The summed E-state index contributed by atoms with van der Waals surface area (Å²) in [4.78, 5) is 0. The smallest absolute Gasteiger partial charge is 0.0116 e. The van der Waals surface area contributed by atoms with E-state index in [1.54, 1.807) is 0 Å². The summed E-state index contributed by atoms with van der Waals surface area (Å²) >= 11 is 0. The van der Waals surface area contributed by atoms with Crippen LogP contribution in [0.3, 0.4) is 0 Å². The SMILES string of the molecule is N=CCC1CCCCN1. The van der Waals surface area contributed by atoms with Crippen LogP contribution in [0.15, 0.2) is 0 Å². The third kappa shape index (κ3) is 2.14. The normalized spacial score (nSPS) is 27.8. The van der Waals surface area contributed by atoms with Crippen LogP contribution in [0.5, 0.6) is 0 Å². The van der Waals surface area contributed by atoms with E-state index in [0.717, 1.165) is 13.0 Å². The van der Waals surface area contributed by atoms with Gasteiger partial charge in [-0.25, -0.2) is 0 Å². The minimum Gasteiger partial charge on any atom is -0.314 e. The monoisotopic (exact) mass is 126 g/mol. The molecule has 0 aromatic carbocycles.